The molecular formula is C22H23ClN4O. The van der Waals surface area contributed by atoms with E-state index in [2.05, 4.69) is 16.8 Å². The molecule has 0 spiro atoms. The third kappa shape index (κ3) is 4.43. The molecular weight excluding hydrogens is 372 g/mol. The van der Waals surface area contributed by atoms with E-state index in [4.69, 9.17) is 23.1 Å². The number of nitrogens with zero attached hydrogens (tertiary/aromatic N) is 2. The van der Waals surface area contributed by atoms with Crippen molar-refractivity contribution in [1.82, 2.24) is 4.98 Å². The van der Waals surface area contributed by atoms with Crippen LogP contribution in [0, 0.1) is 0 Å². The van der Waals surface area contributed by atoms with E-state index in [1.807, 2.05) is 36.5 Å². The molecule has 0 atom stereocenters. The lowest BCUT2D eigenvalue weighted by atomic mass is 10.1. The minimum Gasteiger partial charge on any atom is -0.397 e. The number of aromatic nitrogens is 1. The molecule has 0 saturated carbocycles. The Kier molecular flexibility index (Phi) is 6.16. The highest BCUT2D eigenvalue weighted by molar-refractivity contribution is 6.33. The lowest BCUT2D eigenvalue weighted by Gasteiger charge is -2.26. The van der Waals surface area contributed by atoms with Crippen LogP contribution in [0.2, 0.25) is 5.02 Å². The Morgan fingerprint density at radius 1 is 1.14 bits per heavy atom. The molecule has 5 nitrogen and oxygen atoms in total. The van der Waals surface area contributed by atoms with Crippen LogP contribution in [-0.4, -0.2) is 17.4 Å². The number of carbonyl (C=O) groups excluding carboxylic acids is 1. The average Bonchev–Trinajstić information content (AvgIpc) is 2.68. The summed E-state index contributed by atoms with van der Waals surface area (Å²) in [6, 6.07) is 16.7. The van der Waals surface area contributed by atoms with Gasteiger partial charge in [-0.05, 0) is 42.3 Å². The Hall–Kier alpha value is -3.05. The predicted octanol–water partition coefficient (Wildman–Crippen LogP) is 4.50. The largest absolute Gasteiger partial charge is 0.397 e. The summed E-state index contributed by atoms with van der Waals surface area (Å²) < 4.78 is 0. The molecule has 0 aliphatic heterocycles. The molecule has 144 valence electrons. The number of benzene rings is 2. The number of rotatable bonds is 7. The minimum atomic E-state index is -0.461. The van der Waals surface area contributed by atoms with Gasteiger partial charge in [-0.3, -0.25) is 9.78 Å². The molecule has 0 fully saturated rings. The van der Waals surface area contributed by atoms with E-state index in [-0.39, 0.29) is 0 Å². The highest BCUT2D eigenvalue weighted by Crippen LogP contribution is 2.29. The molecule has 1 heterocycles. The number of halogens is 1. The summed E-state index contributed by atoms with van der Waals surface area (Å²) in [5.74, 6) is -0.461. The minimum absolute atomic E-state index is 0.451. The van der Waals surface area contributed by atoms with Gasteiger partial charge in [0.25, 0.3) is 0 Å². The van der Waals surface area contributed by atoms with Gasteiger partial charge in [0.05, 0.1) is 22.1 Å². The highest BCUT2D eigenvalue weighted by Gasteiger charge is 2.12. The molecule has 1 amide bonds. The smallest absolute Gasteiger partial charge is 0.248 e. The van der Waals surface area contributed by atoms with Crippen LogP contribution < -0.4 is 16.4 Å². The van der Waals surface area contributed by atoms with Crippen molar-refractivity contribution in [3.05, 3.63) is 76.9 Å². The summed E-state index contributed by atoms with van der Waals surface area (Å²) in [6.45, 7) is 3.67. The van der Waals surface area contributed by atoms with Crippen LogP contribution in [0.1, 0.15) is 29.3 Å². The summed E-state index contributed by atoms with van der Waals surface area (Å²) in [5.41, 5.74) is 16.1. The van der Waals surface area contributed by atoms with Crippen molar-refractivity contribution in [3.8, 4) is 11.3 Å². The first kappa shape index (κ1) is 19.7. The number of primary amides is 1. The van der Waals surface area contributed by atoms with E-state index in [9.17, 15) is 4.79 Å². The zero-order chi connectivity index (χ0) is 20.1. The summed E-state index contributed by atoms with van der Waals surface area (Å²) in [6.07, 6.45) is 2.82. The maximum Gasteiger partial charge on any atom is 0.248 e. The Balaban J connectivity index is 1.84. The standard InChI is InChI=1S/C22H23ClN4O/c1-2-11-27(20-6-4-3-5-19(20)24)14-15-12-18(23)21(26-13-15)16-7-9-17(10-8-16)22(25)28/h3-10,12-13H,2,11,14,24H2,1H3,(H2,25,28). The predicted molar refractivity (Wildman–Crippen MR) is 115 cm³/mol. The van der Waals surface area contributed by atoms with Gasteiger partial charge in [0, 0.05) is 30.4 Å². The number of pyridine rings is 1. The fraction of sp³-hybridized carbons (Fsp3) is 0.182. The summed E-state index contributed by atoms with van der Waals surface area (Å²) in [5, 5.41) is 0.557. The number of amides is 1. The molecule has 6 heteroatoms. The van der Waals surface area contributed by atoms with Crippen molar-refractivity contribution in [1.29, 1.82) is 0 Å². The first-order valence-electron chi connectivity index (χ1n) is 9.13. The lowest BCUT2D eigenvalue weighted by Crippen LogP contribution is -2.24. The van der Waals surface area contributed by atoms with Gasteiger partial charge in [0.15, 0.2) is 0 Å². The maximum atomic E-state index is 11.2. The Morgan fingerprint density at radius 3 is 2.46 bits per heavy atom. The third-order valence-electron chi connectivity index (χ3n) is 4.49. The fourth-order valence-electron chi connectivity index (χ4n) is 3.12. The Bertz CT molecular complexity index is 973. The third-order valence-corrected chi connectivity index (χ3v) is 4.77. The lowest BCUT2D eigenvalue weighted by molar-refractivity contribution is 0.100. The highest BCUT2D eigenvalue weighted by atomic mass is 35.5. The SMILES string of the molecule is CCCN(Cc1cnc(-c2ccc(C(N)=O)cc2)c(Cl)c1)c1ccccc1N. The van der Waals surface area contributed by atoms with Crippen LogP contribution >= 0.6 is 11.6 Å². The second-order valence-electron chi connectivity index (χ2n) is 6.60. The molecule has 0 radical (unpaired) electrons. The van der Waals surface area contributed by atoms with Gasteiger partial charge in [-0.1, -0.05) is 42.8 Å². The summed E-state index contributed by atoms with van der Waals surface area (Å²) in [4.78, 5) is 18.0. The number of hydrogen-bond acceptors (Lipinski definition) is 4. The van der Waals surface area contributed by atoms with Crippen molar-refractivity contribution < 1.29 is 4.79 Å². The number of nitrogens with two attached hydrogens (primary N) is 2. The maximum absolute atomic E-state index is 11.2. The van der Waals surface area contributed by atoms with Crippen molar-refractivity contribution in [2.75, 3.05) is 17.2 Å². The number of carbonyl (C=O) groups is 1. The van der Waals surface area contributed by atoms with Crippen molar-refractivity contribution >= 4 is 28.9 Å². The second-order valence-corrected chi connectivity index (χ2v) is 7.00. The zero-order valence-electron chi connectivity index (χ0n) is 15.7. The average molecular weight is 395 g/mol. The van der Waals surface area contributed by atoms with E-state index in [0.717, 1.165) is 35.5 Å². The van der Waals surface area contributed by atoms with Crippen LogP contribution in [0.3, 0.4) is 0 Å². The van der Waals surface area contributed by atoms with Crippen LogP contribution in [-0.2, 0) is 6.54 Å². The fourth-order valence-corrected chi connectivity index (χ4v) is 3.42. The number of anilines is 2. The number of hydrogen-bond donors (Lipinski definition) is 2. The Labute approximate surface area is 169 Å². The van der Waals surface area contributed by atoms with Gasteiger partial charge >= 0.3 is 0 Å². The van der Waals surface area contributed by atoms with E-state index in [1.54, 1.807) is 24.3 Å². The molecule has 0 unspecified atom stereocenters. The van der Waals surface area contributed by atoms with Gasteiger partial charge in [0.2, 0.25) is 5.91 Å². The first-order valence-corrected chi connectivity index (χ1v) is 9.51. The molecule has 0 aliphatic carbocycles. The van der Waals surface area contributed by atoms with Gasteiger partial charge in [-0.25, -0.2) is 0 Å². The number of nitrogen functional groups attached to an aromatic ring is 1. The molecule has 1 aromatic heterocycles. The van der Waals surface area contributed by atoms with Crippen molar-refractivity contribution in [2.24, 2.45) is 5.73 Å². The first-order chi connectivity index (χ1) is 13.5. The summed E-state index contributed by atoms with van der Waals surface area (Å²) >= 11 is 6.51. The van der Waals surface area contributed by atoms with Crippen LogP contribution in [0.5, 0.6) is 0 Å². The van der Waals surface area contributed by atoms with E-state index < -0.39 is 5.91 Å². The number of para-hydroxylation sites is 2. The quantitative estimate of drug-likeness (QED) is 0.578. The van der Waals surface area contributed by atoms with Crippen LogP contribution in [0.25, 0.3) is 11.3 Å². The van der Waals surface area contributed by atoms with Crippen LogP contribution in [0.15, 0.2) is 60.8 Å². The van der Waals surface area contributed by atoms with Crippen LogP contribution in [0.4, 0.5) is 11.4 Å². The van der Waals surface area contributed by atoms with Gasteiger partial charge in [-0.15, -0.1) is 0 Å². The molecule has 3 aromatic rings. The molecule has 0 aliphatic rings. The normalized spacial score (nSPS) is 10.6. The second kappa shape index (κ2) is 8.76. The zero-order valence-corrected chi connectivity index (χ0v) is 16.5. The molecule has 2 aromatic carbocycles. The monoisotopic (exact) mass is 394 g/mol. The van der Waals surface area contributed by atoms with Gasteiger partial charge < -0.3 is 16.4 Å². The van der Waals surface area contributed by atoms with Crippen molar-refractivity contribution in [3.63, 3.8) is 0 Å². The molecule has 0 saturated heterocycles. The van der Waals surface area contributed by atoms with Gasteiger partial charge in [0.1, 0.15) is 0 Å². The van der Waals surface area contributed by atoms with E-state index in [1.165, 1.54) is 0 Å². The van der Waals surface area contributed by atoms with E-state index in [0.29, 0.717) is 22.8 Å². The topological polar surface area (TPSA) is 85.2 Å². The molecule has 28 heavy (non-hydrogen) atoms. The van der Waals surface area contributed by atoms with E-state index >= 15 is 0 Å². The molecule has 4 N–H and O–H groups in total. The molecule has 3 rings (SSSR count). The van der Waals surface area contributed by atoms with Crippen molar-refractivity contribution in [2.45, 2.75) is 19.9 Å². The summed E-state index contributed by atoms with van der Waals surface area (Å²) in [7, 11) is 0. The Morgan fingerprint density at radius 2 is 1.86 bits per heavy atom. The van der Waals surface area contributed by atoms with Gasteiger partial charge in [-0.2, -0.15) is 0 Å². The molecule has 0 bridgehead atoms.